The van der Waals surface area contributed by atoms with Crippen LogP contribution in [-0.2, 0) is 17.8 Å². The largest absolute Gasteiger partial charge is 0.421 e. The highest BCUT2D eigenvalue weighted by Gasteiger charge is 2.13. The Morgan fingerprint density at radius 1 is 1.21 bits per heavy atom. The van der Waals surface area contributed by atoms with Crippen molar-refractivity contribution in [2.24, 2.45) is 0 Å². The first-order chi connectivity index (χ1) is 14.1. The molecule has 1 aromatic carbocycles. The van der Waals surface area contributed by atoms with Gasteiger partial charge in [-0.25, -0.2) is 4.68 Å². The van der Waals surface area contributed by atoms with Gasteiger partial charge < -0.3 is 9.73 Å². The molecule has 0 saturated heterocycles. The van der Waals surface area contributed by atoms with E-state index in [9.17, 15) is 4.79 Å². The van der Waals surface area contributed by atoms with Crippen molar-refractivity contribution in [3.8, 4) is 11.5 Å². The van der Waals surface area contributed by atoms with Gasteiger partial charge >= 0.3 is 0 Å². The number of hydrogen-bond acceptors (Lipinski definition) is 6. The van der Waals surface area contributed by atoms with Crippen molar-refractivity contribution in [1.29, 1.82) is 0 Å². The quantitative estimate of drug-likeness (QED) is 0.434. The number of thiophene rings is 1. The van der Waals surface area contributed by atoms with Crippen molar-refractivity contribution in [3.63, 3.8) is 0 Å². The van der Waals surface area contributed by atoms with Gasteiger partial charge in [0.15, 0.2) is 0 Å². The highest BCUT2D eigenvalue weighted by atomic mass is 35.5. The zero-order valence-electron chi connectivity index (χ0n) is 15.0. The molecule has 10 heteroatoms. The lowest BCUT2D eigenvalue weighted by Gasteiger charge is -2.10. The molecule has 1 N–H and O–H groups in total. The normalized spacial score (nSPS) is 11.0. The van der Waals surface area contributed by atoms with Crippen molar-refractivity contribution >= 4 is 46.3 Å². The van der Waals surface area contributed by atoms with E-state index in [1.54, 1.807) is 34.3 Å². The molecule has 0 radical (unpaired) electrons. The number of anilines is 1. The molecule has 0 aliphatic heterocycles. The molecule has 0 aliphatic rings. The first-order valence-electron chi connectivity index (χ1n) is 8.69. The molecule has 3 aromatic heterocycles. The fourth-order valence-corrected chi connectivity index (χ4v) is 3.69. The fourth-order valence-electron chi connectivity index (χ4n) is 2.68. The smallest absolute Gasteiger partial charge is 0.248 e. The molecule has 1 amide bonds. The standard InChI is InChI=1S/C19H15Cl2N5O2S/c20-14-3-1-2-12(18(14)21)10-26-15(6-8-22-26)23-16(27)4-5-17-24-25-19(28-17)13-7-9-29-11-13/h1-3,6-9,11H,4-5,10H2,(H,23,27). The van der Waals surface area contributed by atoms with Gasteiger partial charge in [-0.3, -0.25) is 4.79 Å². The molecule has 4 aromatic rings. The minimum Gasteiger partial charge on any atom is -0.421 e. The molecular weight excluding hydrogens is 433 g/mol. The maximum Gasteiger partial charge on any atom is 0.248 e. The highest BCUT2D eigenvalue weighted by Crippen LogP contribution is 2.26. The average Bonchev–Trinajstić information content (AvgIpc) is 3.46. The summed E-state index contributed by atoms with van der Waals surface area (Å²) in [6, 6.07) is 9.03. The van der Waals surface area contributed by atoms with E-state index < -0.39 is 0 Å². The van der Waals surface area contributed by atoms with Gasteiger partial charge in [-0.15, -0.1) is 10.2 Å². The molecular formula is C19H15Cl2N5O2S. The topological polar surface area (TPSA) is 85.8 Å². The second-order valence-electron chi connectivity index (χ2n) is 6.15. The van der Waals surface area contributed by atoms with Crippen LogP contribution in [0.25, 0.3) is 11.5 Å². The van der Waals surface area contributed by atoms with Crippen LogP contribution >= 0.6 is 34.5 Å². The number of nitrogens with one attached hydrogen (secondary N) is 1. The third kappa shape index (κ3) is 4.67. The lowest BCUT2D eigenvalue weighted by atomic mass is 10.2. The van der Waals surface area contributed by atoms with Crippen molar-refractivity contribution in [1.82, 2.24) is 20.0 Å². The molecule has 4 rings (SSSR count). The molecule has 0 unspecified atom stereocenters. The van der Waals surface area contributed by atoms with Crippen molar-refractivity contribution < 1.29 is 9.21 Å². The molecule has 0 atom stereocenters. The van der Waals surface area contributed by atoms with Crippen LogP contribution in [0.3, 0.4) is 0 Å². The molecule has 0 spiro atoms. The van der Waals surface area contributed by atoms with Gasteiger partial charge in [0, 0.05) is 29.9 Å². The number of rotatable bonds is 7. The van der Waals surface area contributed by atoms with E-state index in [4.69, 9.17) is 27.6 Å². The summed E-state index contributed by atoms with van der Waals surface area (Å²) in [7, 11) is 0. The first-order valence-corrected chi connectivity index (χ1v) is 10.4. The zero-order valence-corrected chi connectivity index (χ0v) is 17.3. The lowest BCUT2D eigenvalue weighted by Crippen LogP contribution is -2.16. The molecule has 148 valence electrons. The highest BCUT2D eigenvalue weighted by molar-refractivity contribution is 7.08. The van der Waals surface area contributed by atoms with E-state index in [0.29, 0.717) is 40.6 Å². The van der Waals surface area contributed by atoms with E-state index in [2.05, 4.69) is 20.6 Å². The van der Waals surface area contributed by atoms with Crippen LogP contribution in [0, 0.1) is 0 Å². The SMILES string of the molecule is O=C(CCc1nnc(-c2ccsc2)o1)Nc1ccnn1Cc1cccc(Cl)c1Cl. The van der Waals surface area contributed by atoms with Crippen molar-refractivity contribution in [3.05, 3.63) is 68.8 Å². The van der Waals surface area contributed by atoms with Crippen molar-refractivity contribution in [2.75, 3.05) is 5.32 Å². The van der Waals surface area contributed by atoms with Crippen LogP contribution in [0.4, 0.5) is 5.82 Å². The molecule has 7 nitrogen and oxygen atoms in total. The van der Waals surface area contributed by atoms with E-state index in [1.165, 1.54) is 0 Å². The first kappa shape index (κ1) is 19.6. The van der Waals surface area contributed by atoms with Crippen LogP contribution < -0.4 is 5.32 Å². The molecule has 0 fully saturated rings. The summed E-state index contributed by atoms with van der Waals surface area (Å²) in [6.45, 7) is 0.385. The number of aromatic nitrogens is 4. The molecule has 0 bridgehead atoms. The minimum atomic E-state index is -0.181. The van der Waals surface area contributed by atoms with E-state index in [-0.39, 0.29) is 12.3 Å². The Morgan fingerprint density at radius 3 is 2.93 bits per heavy atom. The summed E-state index contributed by atoms with van der Waals surface area (Å²) in [5.74, 6) is 1.26. The van der Waals surface area contributed by atoms with E-state index in [0.717, 1.165) is 11.1 Å². The van der Waals surface area contributed by atoms with Gasteiger partial charge in [0.25, 0.3) is 0 Å². The molecule has 0 saturated carbocycles. The number of halogens is 2. The number of nitrogens with zero attached hydrogens (tertiary/aromatic N) is 4. The van der Waals surface area contributed by atoms with Crippen LogP contribution in [-0.4, -0.2) is 25.9 Å². The Kier molecular flexibility index (Phi) is 5.94. The zero-order chi connectivity index (χ0) is 20.2. The minimum absolute atomic E-state index is 0.181. The second-order valence-corrected chi connectivity index (χ2v) is 7.71. The van der Waals surface area contributed by atoms with Crippen LogP contribution in [0.1, 0.15) is 17.9 Å². The van der Waals surface area contributed by atoms with Gasteiger partial charge in [-0.1, -0.05) is 35.3 Å². The summed E-state index contributed by atoms with van der Waals surface area (Å²) < 4.78 is 7.25. The van der Waals surface area contributed by atoms with Crippen LogP contribution in [0.15, 0.2) is 51.7 Å². The van der Waals surface area contributed by atoms with Crippen LogP contribution in [0.2, 0.25) is 10.0 Å². The number of hydrogen-bond donors (Lipinski definition) is 1. The Labute approximate surface area is 180 Å². The summed E-state index contributed by atoms with van der Waals surface area (Å²) >= 11 is 13.9. The summed E-state index contributed by atoms with van der Waals surface area (Å²) in [5, 5.41) is 19.9. The number of amides is 1. The van der Waals surface area contributed by atoms with Gasteiger partial charge in [-0.2, -0.15) is 16.4 Å². The van der Waals surface area contributed by atoms with Crippen LogP contribution in [0.5, 0.6) is 0 Å². The summed E-state index contributed by atoms with van der Waals surface area (Å²) in [4.78, 5) is 12.4. The van der Waals surface area contributed by atoms with Gasteiger partial charge in [0.1, 0.15) is 5.82 Å². The Hall–Kier alpha value is -2.68. The number of aryl methyl sites for hydroxylation is 1. The average molecular weight is 448 g/mol. The Balaban J connectivity index is 1.36. The molecule has 0 aliphatic carbocycles. The number of carbonyl (C=O) groups excluding carboxylic acids is 1. The molecule has 29 heavy (non-hydrogen) atoms. The third-order valence-corrected chi connectivity index (χ3v) is 5.68. The second kappa shape index (κ2) is 8.77. The Morgan fingerprint density at radius 2 is 2.10 bits per heavy atom. The van der Waals surface area contributed by atoms with E-state index >= 15 is 0 Å². The third-order valence-electron chi connectivity index (χ3n) is 4.14. The summed E-state index contributed by atoms with van der Waals surface area (Å²) in [6.07, 6.45) is 2.16. The lowest BCUT2D eigenvalue weighted by molar-refractivity contribution is -0.116. The number of carbonyl (C=O) groups is 1. The van der Waals surface area contributed by atoms with Gasteiger partial charge in [-0.05, 0) is 23.1 Å². The monoisotopic (exact) mass is 447 g/mol. The summed E-state index contributed by atoms with van der Waals surface area (Å²) in [5.41, 5.74) is 1.69. The number of benzene rings is 1. The van der Waals surface area contributed by atoms with E-state index in [1.807, 2.05) is 29.0 Å². The fraction of sp³-hybridized carbons (Fsp3) is 0.158. The maximum atomic E-state index is 12.4. The van der Waals surface area contributed by atoms with Crippen molar-refractivity contribution in [2.45, 2.75) is 19.4 Å². The maximum absolute atomic E-state index is 12.4. The van der Waals surface area contributed by atoms with Gasteiger partial charge in [0.05, 0.1) is 22.8 Å². The van der Waals surface area contributed by atoms with Gasteiger partial charge in [0.2, 0.25) is 17.7 Å². The molecule has 3 heterocycles. The Bertz CT molecular complexity index is 1120. The predicted molar refractivity (Wildman–Crippen MR) is 112 cm³/mol. The predicted octanol–water partition coefficient (Wildman–Crippen LogP) is 4.92.